The predicted octanol–water partition coefficient (Wildman–Crippen LogP) is 12.4. The van der Waals surface area contributed by atoms with Gasteiger partial charge in [0, 0.05) is 36.6 Å². The van der Waals surface area contributed by atoms with Crippen molar-refractivity contribution in [3.05, 3.63) is 139 Å². The molecule has 0 aliphatic rings. The van der Waals surface area contributed by atoms with E-state index in [9.17, 15) is 0 Å². The third kappa shape index (κ3) is 8.72. The molecule has 2 nitrogen and oxygen atoms in total. The average molecular weight is 912 g/mol. The van der Waals surface area contributed by atoms with Crippen LogP contribution >= 0.6 is 11.3 Å². The molecule has 0 bridgehead atoms. The van der Waals surface area contributed by atoms with Crippen LogP contribution in [0.15, 0.2) is 116 Å². The first kappa shape index (κ1) is 37.8. The topological polar surface area (TPSA) is 25.8 Å². The van der Waals surface area contributed by atoms with Crippen LogP contribution in [0.25, 0.3) is 53.8 Å². The second kappa shape index (κ2) is 15.9. The van der Waals surface area contributed by atoms with Gasteiger partial charge < -0.3 is 4.98 Å². The van der Waals surface area contributed by atoms with E-state index in [0.29, 0.717) is 5.92 Å². The zero-order valence-electron chi connectivity index (χ0n) is 30.4. The van der Waals surface area contributed by atoms with Crippen molar-refractivity contribution < 1.29 is 20.1 Å². The number of nitrogens with zero attached hydrogens (tertiary/aromatic N) is 2. The molecule has 0 atom stereocenters. The van der Waals surface area contributed by atoms with E-state index in [1.165, 1.54) is 46.8 Å². The summed E-state index contributed by atoms with van der Waals surface area (Å²) in [6.45, 7) is 11.4. The zero-order chi connectivity index (χ0) is 34.8. The van der Waals surface area contributed by atoms with Gasteiger partial charge in [-0.25, -0.2) is 0 Å². The molecule has 0 N–H and O–H groups in total. The summed E-state index contributed by atoms with van der Waals surface area (Å²) < 4.78 is 4.07. The summed E-state index contributed by atoms with van der Waals surface area (Å²) in [5, 5.41) is 2.61. The number of fused-ring (bicyclic) bond motifs is 3. The first-order chi connectivity index (χ1) is 23.4. The second-order valence-electron chi connectivity index (χ2n) is 15.4. The van der Waals surface area contributed by atoms with E-state index >= 15 is 0 Å². The largest absolute Gasteiger partial charge is 0 e. The fourth-order valence-corrected chi connectivity index (χ4v) is 9.83. The van der Waals surface area contributed by atoms with Crippen molar-refractivity contribution >= 4 is 49.2 Å². The molecule has 0 amide bonds. The molecule has 4 aromatic carbocycles. The number of pyridine rings is 2. The SMILES string of the molecule is CC(C)c1ccc2c(sc3c(-c4cc(CC(C)(C)C)ccn4)[c-]ccc32)c1-c1ccccc1.[CH3][Ge]([CH3])([CH3])[c]1ccc(-c2[c-]cccc2)nc1.[Ir]. The van der Waals surface area contributed by atoms with E-state index in [4.69, 9.17) is 4.98 Å². The third-order valence-corrected chi connectivity index (χ3v) is 14.3. The van der Waals surface area contributed by atoms with E-state index in [1.54, 1.807) is 0 Å². The van der Waals surface area contributed by atoms with Crippen molar-refractivity contribution in [1.29, 1.82) is 0 Å². The van der Waals surface area contributed by atoms with Crippen molar-refractivity contribution in [1.82, 2.24) is 9.97 Å². The molecule has 0 unspecified atom stereocenters. The molecule has 3 aromatic heterocycles. The van der Waals surface area contributed by atoms with Gasteiger partial charge in [-0.05, 0) is 50.7 Å². The molecule has 0 aliphatic carbocycles. The van der Waals surface area contributed by atoms with Gasteiger partial charge in [0.25, 0.3) is 0 Å². The number of hydrogen-bond acceptors (Lipinski definition) is 3. The van der Waals surface area contributed by atoms with Crippen molar-refractivity contribution in [3.63, 3.8) is 0 Å². The Morgan fingerprint density at radius 2 is 1.48 bits per heavy atom. The molecule has 7 aromatic rings. The van der Waals surface area contributed by atoms with Crippen LogP contribution in [0.2, 0.25) is 17.3 Å². The molecule has 0 spiro atoms. The second-order valence-corrected chi connectivity index (χ2v) is 27.0. The molecule has 50 heavy (non-hydrogen) atoms. The predicted molar refractivity (Wildman–Crippen MR) is 216 cm³/mol. The molecule has 5 heteroatoms. The maximum Gasteiger partial charge on any atom is 0 e. The Kier molecular flexibility index (Phi) is 12.0. The summed E-state index contributed by atoms with van der Waals surface area (Å²) >= 11 is 0.168. The minimum atomic E-state index is -1.72. The standard InChI is InChI=1S/C31H30NS.C14H16GeN.Ir/c1-20(2)23-14-15-25-24-12-9-13-26(27-18-21(16-17-32-27)19-31(3,4)5)29(24)33-30(25)28(23)22-10-7-6-8-11-22;1-15(2,3)13-9-10-14(16-11-13)12-7-5-4-6-8-12;/h6-12,14-18,20H,19H2,1-5H3;4-7,9-11H,1-3H3;/q2*-1;. The Bertz CT molecular complexity index is 2180. The first-order valence-corrected chi connectivity index (χ1v) is 25.4. The summed E-state index contributed by atoms with van der Waals surface area (Å²) in [5.74, 6) is 7.60. The quantitative estimate of drug-likeness (QED) is 0.123. The van der Waals surface area contributed by atoms with E-state index in [2.05, 4.69) is 148 Å². The maximum absolute atomic E-state index is 4.76. The van der Waals surface area contributed by atoms with Crippen molar-refractivity contribution in [2.24, 2.45) is 5.41 Å². The van der Waals surface area contributed by atoms with Gasteiger partial charge in [-0.2, -0.15) is 11.3 Å². The van der Waals surface area contributed by atoms with Crippen LogP contribution in [0.5, 0.6) is 0 Å². The molecule has 0 saturated heterocycles. The van der Waals surface area contributed by atoms with Crippen LogP contribution in [0.4, 0.5) is 0 Å². The van der Waals surface area contributed by atoms with Gasteiger partial charge >= 0.3 is 99.8 Å². The van der Waals surface area contributed by atoms with E-state index in [1.807, 2.05) is 48.0 Å². The van der Waals surface area contributed by atoms with Gasteiger partial charge in [0.15, 0.2) is 0 Å². The fourth-order valence-electron chi connectivity index (χ4n) is 6.28. The molecule has 3 heterocycles. The van der Waals surface area contributed by atoms with Gasteiger partial charge in [0.05, 0.1) is 0 Å². The molecule has 0 saturated carbocycles. The number of rotatable bonds is 6. The number of benzene rings is 4. The summed E-state index contributed by atoms with van der Waals surface area (Å²) in [5.41, 5.74) is 9.81. The minimum absolute atomic E-state index is 0. The number of aromatic nitrogens is 2. The molecule has 0 fully saturated rings. The summed E-state index contributed by atoms with van der Waals surface area (Å²) in [6.07, 6.45) is 5.01. The Morgan fingerprint density at radius 3 is 2.12 bits per heavy atom. The van der Waals surface area contributed by atoms with Crippen LogP contribution < -0.4 is 4.40 Å². The van der Waals surface area contributed by atoms with Gasteiger partial charge in [-0.15, -0.1) is 23.8 Å². The van der Waals surface area contributed by atoms with Crippen LogP contribution in [0.1, 0.15) is 51.7 Å². The average Bonchev–Trinajstić information content (AvgIpc) is 3.47. The maximum atomic E-state index is 4.76. The molecular formula is C45H46GeIrN2S-2. The monoisotopic (exact) mass is 913 g/mol. The van der Waals surface area contributed by atoms with Crippen LogP contribution in [0, 0.1) is 17.5 Å². The van der Waals surface area contributed by atoms with Gasteiger partial charge in [0.1, 0.15) is 0 Å². The first-order valence-electron chi connectivity index (χ1n) is 17.2. The molecule has 1 radical (unpaired) electrons. The van der Waals surface area contributed by atoms with Crippen molar-refractivity contribution in [2.75, 3.05) is 0 Å². The molecule has 257 valence electrons. The molecule has 0 aliphatic heterocycles. The fraction of sp³-hybridized carbons (Fsp3) is 0.244. The summed E-state index contributed by atoms with van der Waals surface area (Å²) in [6, 6.07) is 43.1. The summed E-state index contributed by atoms with van der Waals surface area (Å²) in [4.78, 5) is 9.29. The van der Waals surface area contributed by atoms with E-state index < -0.39 is 13.3 Å². The third-order valence-electron chi connectivity index (χ3n) is 8.75. The Hall–Kier alpha value is -3.41. The Morgan fingerprint density at radius 1 is 0.740 bits per heavy atom. The van der Waals surface area contributed by atoms with Crippen molar-refractivity contribution in [2.45, 2.75) is 64.2 Å². The number of thiophene rings is 1. The normalized spacial score (nSPS) is 11.7. The van der Waals surface area contributed by atoms with E-state index in [-0.39, 0.29) is 25.5 Å². The smallest absolute Gasteiger partial charge is 0 e. The Balaban J connectivity index is 0.000000241. The van der Waals surface area contributed by atoms with Crippen molar-refractivity contribution in [3.8, 4) is 33.6 Å². The molecule has 7 rings (SSSR count). The molecular weight excluding hydrogens is 865 g/mol. The number of hydrogen-bond donors (Lipinski definition) is 0. The van der Waals surface area contributed by atoms with E-state index in [0.717, 1.165) is 28.9 Å². The van der Waals surface area contributed by atoms with Gasteiger partial charge in [-0.1, -0.05) is 94.1 Å². The zero-order valence-corrected chi connectivity index (χ0v) is 35.7. The van der Waals surface area contributed by atoms with Gasteiger partial charge in [-0.3, -0.25) is 0 Å². The minimum Gasteiger partial charge on any atom is 0 e. The van der Waals surface area contributed by atoms with Gasteiger partial charge in [0.2, 0.25) is 0 Å². The van der Waals surface area contributed by atoms with Crippen LogP contribution in [-0.2, 0) is 26.5 Å². The van der Waals surface area contributed by atoms with Crippen LogP contribution in [-0.4, -0.2) is 23.2 Å². The van der Waals surface area contributed by atoms with Crippen LogP contribution in [0.3, 0.4) is 0 Å². The Labute approximate surface area is 319 Å². The summed E-state index contributed by atoms with van der Waals surface area (Å²) in [7, 11) is 0.